The molecule has 1 aromatic rings. The summed E-state index contributed by atoms with van der Waals surface area (Å²) in [5.74, 6) is -1.54. The van der Waals surface area contributed by atoms with Gasteiger partial charge >= 0.3 is 5.97 Å². The van der Waals surface area contributed by atoms with Crippen molar-refractivity contribution in [3.63, 3.8) is 0 Å². The van der Waals surface area contributed by atoms with Crippen LogP contribution in [0.3, 0.4) is 0 Å². The molecule has 1 rings (SSSR count). The van der Waals surface area contributed by atoms with Crippen LogP contribution in [0.2, 0.25) is 0 Å². The summed E-state index contributed by atoms with van der Waals surface area (Å²) in [5, 5.41) is 20.9. The molecule has 20 heavy (non-hydrogen) atoms. The Bertz CT molecular complexity index is 490. The fraction of sp³-hybridized carbons (Fsp3) is 0.385. The van der Waals surface area contributed by atoms with Crippen LogP contribution in [0.1, 0.15) is 12.5 Å². The topological polar surface area (TPSA) is 122 Å². The number of carbonyl (C=O) groups excluding carboxylic acids is 2. The Morgan fingerprint density at radius 3 is 2.65 bits per heavy atom. The average Bonchev–Trinajstić information content (AvgIpc) is 2.40. The predicted octanol–water partition coefficient (Wildman–Crippen LogP) is -0.353. The van der Waals surface area contributed by atoms with E-state index < -0.39 is 17.9 Å². The number of phenolic OH excluding ortho intramolecular Hbond substituents is 2. The van der Waals surface area contributed by atoms with E-state index in [1.807, 2.05) is 0 Å². The number of phenols is 2. The van der Waals surface area contributed by atoms with E-state index in [0.29, 0.717) is 5.56 Å². The fourth-order valence-corrected chi connectivity index (χ4v) is 1.55. The first-order valence-electron chi connectivity index (χ1n) is 6.13. The molecule has 0 aliphatic carbocycles. The number of hydrogen-bond acceptors (Lipinski definition) is 6. The number of aromatic hydroxyl groups is 2. The number of carbonyl (C=O) groups is 2. The molecular formula is C13H18N2O5. The minimum Gasteiger partial charge on any atom is -0.504 e. The van der Waals surface area contributed by atoms with Gasteiger partial charge < -0.3 is 26.0 Å². The first-order valence-corrected chi connectivity index (χ1v) is 6.13. The van der Waals surface area contributed by atoms with E-state index >= 15 is 0 Å². The molecule has 7 nitrogen and oxygen atoms in total. The third kappa shape index (κ3) is 4.77. The number of nitrogens with one attached hydrogen (secondary N) is 1. The van der Waals surface area contributed by atoms with Gasteiger partial charge in [-0.15, -0.1) is 0 Å². The molecule has 0 aliphatic rings. The van der Waals surface area contributed by atoms with Crippen molar-refractivity contribution in [1.29, 1.82) is 0 Å². The van der Waals surface area contributed by atoms with Crippen LogP contribution in [-0.4, -0.2) is 41.3 Å². The second-order valence-electron chi connectivity index (χ2n) is 4.16. The minimum atomic E-state index is -0.867. The molecule has 0 aromatic heterocycles. The third-order valence-electron chi connectivity index (χ3n) is 2.54. The van der Waals surface area contributed by atoms with Gasteiger partial charge in [-0.05, 0) is 31.0 Å². The molecule has 0 spiro atoms. The maximum atomic E-state index is 11.7. The van der Waals surface area contributed by atoms with Crippen molar-refractivity contribution in [2.75, 3.05) is 13.2 Å². The molecular weight excluding hydrogens is 264 g/mol. The summed E-state index contributed by atoms with van der Waals surface area (Å²) in [5.41, 5.74) is 6.29. The van der Waals surface area contributed by atoms with Gasteiger partial charge in [0.05, 0.1) is 12.6 Å². The van der Waals surface area contributed by atoms with Crippen LogP contribution in [0.25, 0.3) is 0 Å². The second kappa shape index (κ2) is 7.34. The van der Waals surface area contributed by atoms with Crippen LogP contribution in [0.4, 0.5) is 0 Å². The van der Waals surface area contributed by atoms with Gasteiger partial charge in [0.15, 0.2) is 11.5 Å². The van der Waals surface area contributed by atoms with Crippen LogP contribution >= 0.6 is 0 Å². The van der Waals surface area contributed by atoms with Gasteiger partial charge in [0.25, 0.3) is 0 Å². The summed E-state index contributed by atoms with van der Waals surface area (Å²) in [6, 6.07) is 3.32. The number of hydrogen-bond donors (Lipinski definition) is 4. The molecule has 0 aliphatic heterocycles. The highest BCUT2D eigenvalue weighted by atomic mass is 16.5. The van der Waals surface area contributed by atoms with Crippen molar-refractivity contribution in [2.45, 2.75) is 19.4 Å². The lowest BCUT2D eigenvalue weighted by Gasteiger charge is -2.12. The Balaban J connectivity index is 2.48. The van der Waals surface area contributed by atoms with Crippen molar-refractivity contribution in [3.05, 3.63) is 23.8 Å². The molecule has 0 radical (unpaired) electrons. The maximum absolute atomic E-state index is 11.7. The smallest absolute Gasteiger partial charge is 0.325 e. The number of amides is 1. The number of nitrogens with two attached hydrogens (primary N) is 1. The summed E-state index contributed by atoms with van der Waals surface area (Å²) < 4.78 is 4.66. The van der Waals surface area contributed by atoms with E-state index in [1.54, 1.807) is 13.0 Å². The normalized spacial score (nSPS) is 11.7. The summed E-state index contributed by atoms with van der Waals surface area (Å²) in [7, 11) is 0. The molecule has 7 heteroatoms. The van der Waals surface area contributed by atoms with Crippen molar-refractivity contribution in [3.8, 4) is 11.5 Å². The van der Waals surface area contributed by atoms with Crippen LogP contribution in [0.15, 0.2) is 18.2 Å². The zero-order chi connectivity index (χ0) is 15.1. The number of ether oxygens (including phenoxy) is 1. The van der Waals surface area contributed by atoms with Crippen LogP contribution < -0.4 is 11.1 Å². The molecule has 0 unspecified atom stereocenters. The molecule has 0 fully saturated rings. The monoisotopic (exact) mass is 282 g/mol. The van der Waals surface area contributed by atoms with Crippen LogP contribution in [0, 0.1) is 0 Å². The van der Waals surface area contributed by atoms with Crippen LogP contribution in [-0.2, 0) is 20.7 Å². The van der Waals surface area contributed by atoms with Crippen molar-refractivity contribution >= 4 is 11.9 Å². The lowest BCUT2D eigenvalue weighted by Crippen LogP contribution is -2.44. The molecule has 1 amide bonds. The van der Waals surface area contributed by atoms with Crippen LogP contribution in [0.5, 0.6) is 11.5 Å². The standard InChI is InChI=1S/C13H18N2O5/c1-2-20-12(18)7-15-13(19)9(14)5-8-3-4-10(16)11(17)6-8/h3-4,6,9,16-17H,2,5,7,14H2,1H3,(H,15,19)/t9-/m0/s1. The van der Waals surface area contributed by atoms with Crippen molar-refractivity contribution in [2.24, 2.45) is 5.73 Å². The SMILES string of the molecule is CCOC(=O)CNC(=O)[C@@H](N)Cc1ccc(O)c(O)c1. The minimum absolute atomic E-state index is 0.169. The van der Waals surface area contributed by atoms with E-state index in [4.69, 9.17) is 5.73 Å². The van der Waals surface area contributed by atoms with E-state index in [0.717, 1.165) is 0 Å². The Labute approximate surface area is 116 Å². The maximum Gasteiger partial charge on any atom is 0.325 e. The number of esters is 1. The Kier molecular flexibility index (Phi) is 5.79. The summed E-state index contributed by atoms with van der Waals surface area (Å²) in [6.45, 7) is 1.68. The predicted molar refractivity (Wildman–Crippen MR) is 71.1 cm³/mol. The summed E-state index contributed by atoms with van der Waals surface area (Å²) in [4.78, 5) is 22.7. The highest BCUT2D eigenvalue weighted by molar-refractivity contribution is 5.85. The quantitative estimate of drug-likeness (QED) is 0.418. The third-order valence-corrected chi connectivity index (χ3v) is 2.54. The molecule has 5 N–H and O–H groups in total. The van der Waals surface area contributed by atoms with E-state index in [-0.39, 0.29) is 31.1 Å². The number of benzene rings is 1. The first-order chi connectivity index (χ1) is 9.43. The van der Waals surface area contributed by atoms with Gasteiger partial charge in [-0.2, -0.15) is 0 Å². The molecule has 0 heterocycles. The van der Waals surface area contributed by atoms with Gasteiger partial charge in [0, 0.05) is 0 Å². The van der Waals surface area contributed by atoms with E-state index in [2.05, 4.69) is 10.1 Å². The largest absolute Gasteiger partial charge is 0.504 e. The van der Waals surface area contributed by atoms with Crippen molar-refractivity contribution in [1.82, 2.24) is 5.32 Å². The molecule has 1 atom stereocenters. The summed E-state index contributed by atoms with van der Waals surface area (Å²) >= 11 is 0. The van der Waals surface area contributed by atoms with Gasteiger partial charge in [0.2, 0.25) is 5.91 Å². The van der Waals surface area contributed by atoms with Gasteiger partial charge in [-0.3, -0.25) is 9.59 Å². The van der Waals surface area contributed by atoms with Crippen molar-refractivity contribution < 1.29 is 24.5 Å². The fourth-order valence-electron chi connectivity index (χ4n) is 1.55. The Morgan fingerprint density at radius 2 is 2.05 bits per heavy atom. The molecule has 0 saturated heterocycles. The van der Waals surface area contributed by atoms with Gasteiger partial charge in [-0.25, -0.2) is 0 Å². The molecule has 1 aromatic carbocycles. The molecule has 0 bridgehead atoms. The molecule has 0 saturated carbocycles. The highest BCUT2D eigenvalue weighted by Crippen LogP contribution is 2.25. The molecule has 110 valence electrons. The zero-order valence-electron chi connectivity index (χ0n) is 11.1. The van der Waals surface area contributed by atoms with Gasteiger partial charge in [-0.1, -0.05) is 6.07 Å². The highest BCUT2D eigenvalue weighted by Gasteiger charge is 2.16. The van der Waals surface area contributed by atoms with Gasteiger partial charge in [0.1, 0.15) is 6.54 Å². The Hall–Kier alpha value is -2.28. The lowest BCUT2D eigenvalue weighted by atomic mass is 10.1. The van der Waals surface area contributed by atoms with E-state index in [1.165, 1.54) is 12.1 Å². The zero-order valence-corrected chi connectivity index (χ0v) is 11.1. The van der Waals surface area contributed by atoms with E-state index in [9.17, 15) is 19.8 Å². The first kappa shape index (κ1) is 15.8. The Morgan fingerprint density at radius 1 is 1.35 bits per heavy atom. The average molecular weight is 282 g/mol. The second-order valence-corrected chi connectivity index (χ2v) is 4.16. The summed E-state index contributed by atoms with van der Waals surface area (Å²) in [6.07, 6.45) is 0.169. The lowest BCUT2D eigenvalue weighted by molar-refractivity contribution is -0.143. The number of rotatable bonds is 6.